The van der Waals surface area contributed by atoms with Gasteiger partial charge in [-0.25, -0.2) is 0 Å². The molecule has 0 amide bonds. The molecule has 58 heavy (non-hydrogen) atoms. The number of hydrogen-bond acceptors (Lipinski definition) is 1. The number of aromatic nitrogens is 2. The maximum absolute atomic E-state index is 2.54. The Morgan fingerprint density at radius 1 is 0.310 bits per heavy atom. The maximum atomic E-state index is 2.54. The van der Waals surface area contributed by atoms with Crippen LogP contribution < -0.4 is 15.7 Å². The first kappa shape index (κ1) is 32.7. The molecule has 3 nitrogen and oxygen atoms in total. The molecule has 11 aromatic rings. The van der Waals surface area contributed by atoms with Crippen molar-refractivity contribution in [2.45, 2.75) is 0 Å². The second kappa shape index (κ2) is 13.0. The van der Waals surface area contributed by atoms with E-state index in [2.05, 4.69) is 232 Å². The van der Waals surface area contributed by atoms with E-state index in [0.29, 0.717) is 0 Å². The zero-order chi connectivity index (χ0) is 38.2. The van der Waals surface area contributed by atoms with Gasteiger partial charge < -0.3 is 13.9 Å². The smallest absolute Gasteiger partial charge is 0.328 e. The fraction of sp³-hybridized carbons (Fsp3) is 0. The van der Waals surface area contributed by atoms with Crippen LogP contribution in [0.5, 0.6) is 0 Å². The Kier molecular flexibility index (Phi) is 7.33. The van der Waals surface area contributed by atoms with Crippen molar-refractivity contribution in [1.29, 1.82) is 0 Å². The van der Waals surface area contributed by atoms with Gasteiger partial charge in [-0.05, 0) is 88.9 Å². The van der Waals surface area contributed by atoms with E-state index in [1.807, 2.05) is 0 Å². The number of hydrogen-bond donors (Lipinski definition) is 0. The lowest BCUT2D eigenvalue weighted by atomic mass is 9.46. The van der Waals surface area contributed by atoms with Crippen LogP contribution in [0.3, 0.4) is 0 Å². The molecule has 0 bridgehead atoms. The van der Waals surface area contributed by atoms with Gasteiger partial charge in [-0.15, -0.1) is 0 Å². The topological polar surface area (TPSA) is 13.1 Å². The van der Waals surface area contributed by atoms with E-state index in [-0.39, 0.29) is 6.85 Å². The van der Waals surface area contributed by atoms with Crippen LogP contribution in [0.2, 0.25) is 0 Å². The molecule has 0 radical (unpaired) electrons. The summed E-state index contributed by atoms with van der Waals surface area (Å²) in [6.07, 6.45) is 0. The third-order valence-corrected chi connectivity index (χ3v) is 12.1. The predicted molar refractivity (Wildman–Crippen MR) is 246 cm³/mol. The highest BCUT2D eigenvalue weighted by Gasteiger charge is 2.36. The molecule has 0 atom stereocenters. The van der Waals surface area contributed by atoms with Crippen LogP contribution in [0.15, 0.2) is 218 Å². The van der Waals surface area contributed by atoms with Gasteiger partial charge in [0.05, 0.1) is 22.1 Å². The third-order valence-electron chi connectivity index (χ3n) is 12.1. The first-order valence-corrected chi connectivity index (χ1v) is 20.1. The van der Waals surface area contributed by atoms with Crippen LogP contribution in [-0.4, -0.2) is 16.0 Å². The maximum Gasteiger partial charge on any atom is 0.328 e. The Balaban J connectivity index is 1.04. The standard InChI is InChI=1S/C54H36BN3/c1-3-16-37(17-4-1)38-30-32-52-47(34-38)45-24-8-12-27-50(45)57(52)41-31-33-53-48(36-41)46-25-9-13-28-51(46)56(53)40-20-15-21-42(35-40)58-54-29-14-10-23-44(54)43-22-7-11-26-49(43)55(58)39-18-5-2-6-19-39/h1-36H. The summed E-state index contributed by atoms with van der Waals surface area (Å²) >= 11 is 0. The zero-order valence-corrected chi connectivity index (χ0v) is 31.7. The number of rotatable bonds is 5. The molecule has 0 unspecified atom stereocenters. The Morgan fingerprint density at radius 3 is 1.62 bits per heavy atom. The number of anilines is 2. The van der Waals surface area contributed by atoms with Crippen LogP contribution in [0.4, 0.5) is 11.4 Å². The van der Waals surface area contributed by atoms with Gasteiger partial charge in [0, 0.05) is 49.9 Å². The van der Waals surface area contributed by atoms with Crippen molar-refractivity contribution < 1.29 is 0 Å². The minimum atomic E-state index is 0.0123. The van der Waals surface area contributed by atoms with Crippen LogP contribution in [-0.2, 0) is 0 Å². The molecule has 1 aliphatic heterocycles. The Labute approximate surface area is 337 Å². The molecule has 270 valence electrons. The van der Waals surface area contributed by atoms with Gasteiger partial charge in [0.15, 0.2) is 0 Å². The second-order valence-corrected chi connectivity index (χ2v) is 15.3. The molecule has 0 saturated carbocycles. The number of benzene rings is 9. The highest BCUT2D eigenvalue weighted by molar-refractivity contribution is 6.90. The Bertz CT molecular complexity index is 3360. The summed E-state index contributed by atoms with van der Waals surface area (Å²) in [6, 6.07) is 80.0. The van der Waals surface area contributed by atoms with Crippen LogP contribution in [0.25, 0.3) is 77.2 Å². The third kappa shape index (κ3) is 4.95. The summed E-state index contributed by atoms with van der Waals surface area (Å²) in [7, 11) is 0. The van der Waals surface area contributed by atoms with Crippen LogP contribution in [0.1, 0.15) is 0 Å². The average Bonchev–Trinajstić information content (AvgIpc) is 3.81. The average molecular weight is 738 g/mol. The van der Waals surface area contributed by atoms with Crippen LogP contribution >= 0.6 is 0 Å². The van der Waals surface area contributed by atoms with E-state index in [4.69, 9.17) is 0 Å². The summed E-state index contributed by atoms with van der Waals surface area (Å²) in [5, 5.41) is 4.97. The van der Waals surface area contributed by atoms with Gasteiger partial charge in [-0.2, -0.15) is 0 Å². The van der Waals surface area contributed by atoms with Crippen LogP contribution in [0, 0.1) is 0 Å². The van der Waals surface area contributed by atoms with Gasteiger partial charge in [-0.1, -0.05) is 157 Å². The molecule has 0 saturated heterocycles. The number of para-hydroxylation sites is 3. The van der Waals surface area contributed by atoms with E-state index < -0.39 is 0 Å². The molecule has 9 aromatic carbocycles. The molecule has 2 aromatic heterocycles. The van der Waals surface area contributed by atoms with Crippen molar-refractivity contribution >= 4 is 72.8 Å². The van der Waals surface area contributed by atoms with E-state index in [1.165, 1.54) is 82.5 Å². The molecular weight excluding hydrogens is 701 g/mol. The molecular formula is C54H36BN3. The van der Waals surface area contributed by atoms with Gasteiger partial charge in [0.25, 0.3) is 0 Å². The van der Waals surface area contributed by atoms with Crippen molar-refractivity contribution in [3.8, 4) is 33.6 Å². The lowest BCUT2D eigenvalue weighted by Gasteiger charge is -2.39. The van der Waals surface area contributed by atoms with E-state index >= 15 is 0 Å². The molecule has 12 rings (SSSR count). The van der Waals surface area contributed by atoms with Crippen molar-refractivity contribution in [2.24, 2.45) is 0 Å². The van der Waals surface area contributed by atoms with E-state index in [0.717, 1.165) is 17.1 Å². The largest absolute Gasteiger partial charge is 0.376 e. The SMILES string of the molecule is c1ccc(B2c3ccccc3-c3ccccc3N2c2cccc(-n3c4ccccc4c4cc(-n5c6ccccc6c6cc(-c7ccccc7)ccc65)ccc43)c2)cc1. The molecule has 0 N–H and O–H groups in total. The zero-order valence-electron chi connectivity index (χ0n) is 31.7. The fourth-order valence-corrected chi connectivity index (χ4v) is 9.64. The predicted octanol–water partition coefficient (Wildman–Crippen LogP) is 12.5. The second-order valence-electron chi connectivity index (χ2n) is 15.3. The normalized spacial score (nSPS) is 12.4. The summed E-state index contributed by atoms with van der Waals surface area (Å²) in [6.45, 7) is 0.0123. The monoisotopic (exact) mass is 737 g/mol. The quantitative estimate of drug-likeness (QED) is 0.160. The van der Waals surface area contributed by atoms with Crippen molar-refractivity contribution in [1.82, 2.24) is 9.13 Å². The number of nitrogens with zero attached hydrogens (tertiary/aromatic N) is 3. The summed E-state index contributed by atoms with van der Waals surface area (Å²) in [5.41, 5.74) is 17.0. The van der Waals surface area contributed by atoms with Crippen molar-refractivity contribution in [3.05, 3.63) is 218 Å². The Morgan fingerprint density at radius 2 is 0.862 bits per heavy atom. The van der Waals surface area contributed by atoms with Gasteiger partial charge in [0.1, 0.15) is 0 Å². The van der Waals surface area contributed by atoms with Gasteiger partial charge in [-0.3, -0.25) is 0 Å². The van der Waals surface area contributed by atoms with Gasteiger partial charge >= 0.3 is 6.85 Å². The first-order chi connectivity index (χ1) is 28.8. The lowest BCUT2D eigenvalue weighted by molar-refractivity contribution is 1.16. The van der Waals surface area contributed by atoms with Crippen molar-refractivity contribution in [2.75, 3.05) is 4.81 Å². The minimum absolute atomic E-state index is 0.0123. The minimum Gasteiger partial charge on any atom is -0.376 e. The van der Waals surface area contributed by atoms with Crippen molar-refractivity contribution in [3.63, 3.8) is 0 Å². The van der Waals surface area contributed by atoms with E-state index in [1.54, 1.807) is 0 Å². The van der Waals surface area contributed by atoms with Gasteiger partial charge in [0.2, 0.25) is 0 Å². The summed E-state index contributed by atoms with van der Waals surface area (Å²) < 4.78 is 4.87. The lowest BCUT2D eigenvalue weighted by Crippen LogP contribution is -2.57. The molecule has 4 heteroatoms. The highest BCUT2D eigenvalue weighted by atomic mass is 15.1. The molecule has 3 heterocycles. The number of fused-ring (bicyclic) bond motifs is 9. The molecule has 1 aliphatic rings. The molecule has 0 spiro atoms. The molecule has 0 fully saturated rings. The first-order valence-electron chi connectivity index (χ1n) is 20.1. The summed E-state index contributed by atoms with van der Waals surface area (Å²) in [4.78, 5) is 2.54. The molecule has 0 aliphatic carbocycles. The van der Waals surface area contributed by atoms with E-state index in [9.17, 15) is 0 Å². The Hall–Kier alpha value is -7.56. The fourth-order valence-electron chi connectivity index (χ4n) is 9.64. The highest BCUT2D eigenvalue weighted by Crippen LogP contribution is 2.42. The summed E-state index contributed by atoms with van der Waals surface area (Å²) in [5.74, 6) is 0.